The van der Waals surface area contributed by atoms with E-state index in [4.69, 9.17) is 0 Å². The third kappa shape index (κ3) is 3.31. The molecule has 2 rings (SSSR count). The number of hydrogen-bond acceptors (Lipinski definition) is 3. The minimum Gasteiger partial charge on any atom is -0.383 e. The molecule has 0 fully saturated rings. The highest BCUT2D eigenvalue weighted by atomic mass is 15.3. The van der Waals surface area contributed by atoms with Crippen molar-refractivity contribution in [2.45, 2.75) is 32.9 Å². The molecule has 1 unspecified atom stereocenters. The van der Waals surface area contributed by atoms with Gasteiger partial charge in [0.25, 0.3) is 0 Å². The van der Waals surface area contributed by atoms with Gasteiger partial charge < -0.3 is 5.32 Å². The third-order valence-corrected chi connectivity index (χ3v) is 2.79. The summed E-state index contributed by atoms with van der Waals surface area (Å²) in [5.41, 5.74) is 2.40. The molecule has 0 aliphatic heterocycles. The summed E-state index contributed by atoms with van der Waals surface area (Å²) in [4.78, 5) is 3.93. The predicted molar refractivity (Wildman–Crippen MR) is 68.9 cm³/mol. The Bertz CT molecular complexity index is 433. The molecule has 1 aromatic heterocycles. The van der Waals surface area contributed by atoms with E-state index < -0.39 is 0 Å². The van der Waals surface area contributed by atoms with Gasteiger partial charge in [-0.15, -0.1) is 0 Å². The van der Waals surface area contributed by atoms with E-state index in [2.05, 4.69) is 53.5 Å². The van der Waals surface area contributed by atoms with Gasteiger partial charge in [-0.1, -0.05) is 19.1 Å². The molecule has 1 aromatic carbocycles. The molecule has 0 radical (unpaired) electrons. The Morgan fingerprint density at radius 1 is 1.29 bits per heavy atom. The van der Waals surface area contributed by atoms with Gasteiger partial charge in [-0.3, -0.25) is 0 Å². The standard InChI is InChI=1S/C13H18N4/c1-3-11(2)16-13-6-4-12(5-7-13)8-17-10-14-9-15-17/h4-7,9-11,16H,3,8H2,1-2H3. The van der Waals surface area contributed by atoms with E-state index >= 15 is 0 Å². The van der Waals surface area contributed by atoms with Gasteiger partial charge >= 0.3 is 0 Å². The molecule has 0 saturated carbocycles. The second-order valence-electron chi connectivity index (χ2n) is 4.24. The lowest BCUT2D eigenvalue weighted by atomic mass is 10.2. The fraction of sp³-hybridized carbons (Fsp3) is 0.385. The highest BCUT2D eigenvalue weighted by molar-refractivity contribution is 5.45. The maximum absolute atomic E-state index is 4.09. The van der Waals surface area contributed by atoms with E-state index in [-0.39, 0.29) is 0 Å². The molecule has 0 spiro atoms. The first-order chi connectivity index (χ1) is 8.28. The van der Waals surface area contributed by atoms with Crippen LogP contribution in [0, 0.1) is 0 Å². The largest absolute Gasteiger partial charge is 0.383 e. The summed E-state index contributed by atoms with van der Waals surface area (Å²) in [5, 5.41) is 7.53. The van der Waals surface area contributed by atoms with Crippen molar-refractivity contribution in [3.05, 3.63) is 42.5 Å². The molecular weight excluding hydrogens is 212 g/mol. The van der Waals surface area contributed by atoms with Gasteiger partial charge in [-0.25, -0.2) is 9.67 Å². The number of aromatic nitrogens is 3. The normalized spacial score (nSPS) is 12.4. The SMILES string of the molecule is CCC(C)Nc1ccc(Cn2cncn2)cc1. The molecule has 1 heterocycles. The molecule has 17 heavy (non-hydrogen) atoms. The van der Waals surface area contributed by atoms with Crippen molar-refractivity contribution in [2.24, 2.45) is 0 Å². The van der Waals surface area contributed by atoms with E-state index in [0.717, 1.165) is 13.0 Å². The molecule has 2 aromatic rings. The molecule has 1 atom stereocenters. The van der Waals surface area contributed by atoms with Gasteiger partial charge in [0.2, 0.25) is 0 Å². The number of nitrogens with zero attached hydrogens (tertiary/aromatic N) is 3. The Morgan fingerprint density at radius 3 is 2.65 bits per heavy atom. The minimum atomic E-state index is 0.510. The van der Waals surface area contributed by atoms with Crippen LogP contribution in [0.25, 0.3) is 0 Å². The van der Waals surface area contributed by atoms with Crippen LogP contribution >= 0.6 is 0 Å². The lowest BCUT2D eigenvalue weighted by Gasteiger charge is -2.13. The summed E-state index contributed by atoms with van der Waals surface area (Å²) < 4.78 is 1.82. The van der Waals surface area contributed by atoms with Crippen molar-refractivity contribution in [1.29, 1.82) is 0 Å². The minimum absolute atomic E-state index is 0.510. The third-order valence-electron chi connectivity index (χ3n) is 2.79. The van der Waals surface area contributed by atoms with Gasteiger partial charge in [0, 0.05) is 11.7 Å². The van der Waals surface area contributed by atoms with Crippen LogP contribution in [0.3, 0.4) is 0 Å². The zero-order chi connectivity index (χ0) is 12.1. The van der Waals surface area contributed by atoms with Crippen molar-refractivity contribution in [1.82, 2.24) is 14.8 Å². The second kappa shape index (κ2) is 5.48. The molecule has 4 heteroatoms. The molecule has 4 nitrogen and oxygen atoms in total. The van der Waals surface area contributed by atoms with E-state index in [0.29, 0.717) is 6.04 Å². The zero-order valence-corrected chi connectivity index (χ0v) is 10.3. The molecule has 1 N–H and O–H groups in total. The Morgan fingerprint density at radius 2 is 2.06 bits per heavy atom. The Labute approximate surface area is 102 Å². The fourth-order valence-corrected chi connectivity index (χ4v) is 1.59. The molecule has 0 aliphatic carbocycles. The number of benzene rings is 1. The molecular formula is C13H18N4. The van der Waals surface area contributed by atoms with Crippen molar-refractivity contribution < 1.29 is 0 Å². The van der Waals surface area contributed by atoms with E-state index in [9.17, 15) is 0 Å². The Balaban J connectivity index is 1.98. The summed E-state index contributed by atoms with van der Waals surface area (Å²) in [6, 6.07) is 8.96. The zero-order valence-electron chi connectivity index (χ0n) is 10.3. The monoisotopic (exact) mass is 230 g/mol. The number of hydrogen-bond donors (Lipinski definition) is 1. The molecule has 90 valence electrons. The topological polar surface area (TPSA) is 42.7 Å². The van der Waals surface area contributed by atoms with Crippen molar-refractivity contribution in [3.63, 3.8) is 0 Å². The maximum atomic E-state index is 4.09. The van der Waals surface area contributed by atoms with Gasteiger partial charge in [-0.05, 0) is 31.0 Å². The highest BCUT2D eigenvalue weighted by Gasteiger charge is 1.99. The van der Waals surface area contributed by atoms with Crippen molar-refractivity contribution >= 4 is 5.69 Å². The van der Waals surface area contributed by atoms with Crippen molar-refractivity contribution in [3.8, 4) is 0 Å². The van der Waals surface area contributed by atoms with E-state index in [1.165, 1.54) is 11.3 Å². The number of rotatable bonds is 5. The quantitative estimate of drug-likeness (QED) is 0.858. The van der Waals surface area contributed by atoms with Crippen LogP contribution in [0.1, 0.15) is 25.8 Å². The summed E-state index contributed by atoms with van der Waals surface area (Å²) in [6.45, 7) is 5.13. The Hall–Kier alpha value is -1.84. The molecule has 0 amide bonds. The van der Waals surface area contributed by atoms with Gasteiger partial charge in [0.15, 0.2) is 0 Å². The predicted octanol–water partition coefficient (Wildman–Crippen LogP) is 2.54. The highest BCUT2D eigenvalue weighted by Crippen LogP contribution is 2.12. The second-order valence-corrected chi connectivity index (χ2v) is 4.24. The summed E-state index contributed by atoms with van der Waals surface area (Å²) in [5.74, 6) is 0. The first-order valence-corrected chi connectivity index (χ1v) is 5.96. The average Bonchev–Trinajstić information content (AvgIpc) is 2.84. The lowest BCUT2D eigenvalue weighted by Crippen LogP contribution is -2.13. The van der Waals surface area contributed by atoms with Gasteiger partial charge in [-0.2, -0.15) is 5.10 Å². The van der Waals surface area contributed by atoms with Crippen LogP contribution in [0.5, 0.6) is 0 Å². The first kappa shape index (κ1) is 11.6. The molecule has 0 aliphatic rings. The van der Waals surface area contributed by atoms with Crippen LogP contribution in [-0.2, 0) is 6.54 Å². The maximum Gasteiger partial charge on any atom is 0.137 e. The van der Waals surface area contributed by atoms with E-state index in [1.807, 2.05) is 4.68 Å². The van der Waals surface area contributed by atoms with E-state index in [1.54, 1.807) is 12.7 Å². The van der Waals surface area contributed by atoms with Gasteiger partial charge in [0.05, 0.1) is 6.54 Å². The average molecular weight is 230 g/mol. The lowest BCUT2D eigenvalue weighted by molar-refractivity contribution is 0.685. The molecule has 0 bridgehead atoms. The van der Waals surface area contributed by atoms with Crippen LogP contribution in [-0.4, -0.2) is 20.8 Å². The summed E-state index contributed by atoms with van der Waals surface area (Å²) in [6.07, 6.45) is 4.41. The molecule has 0 saturated heterocycles. The van der Waals surface area contributed by atoms with Crippen LogP contribution < -0.4 is 5.32 Å². The van der Waals surface area contributed by atoms with Crippen molar-refractivity contribution in [2.75, 3.05) is 5.32 Å². The fourth-order valence-electron chi connectivity index (χ4n) is 1.59. The van der Waals surface area contributed by atoms with Gasteiger partial charge in [0.1, 0.15) is 12.7 Å². The van der Waals surface area contributed by atoms with Crippen LogP contribution in [0.15, 0.2) is 36.9 Å². The van der Waals surface area contributed by atoms with Crippen LogP contribution in [0.2, 0.25) is 0 Å². The summed E-state index contributed by atoms with van der Waals surface area (Å²) >= 11 is 0. The van der Waals surface area contributed by atoms with Crippen LogP contribution in [0.4, 0.5) is 5.69 Å². The number of anilines is 1. The first-order valence-electron chi connectivity index (χ1n) is 5.96. The number of nitrogens with one attached hydrogen (secondary N) is 1. The smallest absolute Gasteiger partial charge is 0.137 e. The Kier molecular flexibility index (Phi) is 3.75. The summed E-state index contributed by atoms with van der Waals surface area (Å²) in [7, 11) is 0.